The number of ether oxygens (including phenoxy) is 3. The number of rotatable bonds is 7. The Labute approximate surface area is 236 Å². The molecule has 7 nitrogen and oxygen atoms in total. The summed E-state index contributed by atoms with van der Waals surface area (Å²) in [6, 6.07) is 9.50. The largest absolute Gasteiger partial charge is 0.490 e. The normalized spacial score (nSPS) is 17.4. The number of carbonyl (C=O) groups is 3. The van der Waals surface area contributed by atoms with Crippen LogP contribution in [0.1, 0.15) is 68.1 Å². The zero-order valence-electron chi connectivity index (χ0n) is 22.4. The molecule has 2 aromatic carbocycles. The third kappa shape index (κ3) is 5.53. The fourth-order valence-corrected chi connectivity index (χ4v) is 6.16. The number of anilines is 1. The Hall–Kier alpha value is -3.39. The number of hydrogen-bond donors (Lipinski definition) is 1. The Kier molecular flexibility index (Phi) is 7.93. The van der Waals surface area contributed by atoms with E-state index in [0.717, 1.165) is 35.2 Å². The monoisotopic (exact) mass is 593 g/mol. The van der Waals surface area contributed by atoms with E-state index in [1.165, 1.54) is 0 Å². The summed E-state index contributed by atoms with van der Waals surface area (Å²) >= 11 is 3.61. The molecular weight excluding hydrogens is 562 g/mol. The summed E-state index contributed by atoms with van der Waals surface area (Å²) in [6.45, 7) is 5.96. The third-order valence-corrected chi connectivity index (χ3v) is 7.90. The van der Waals surface area contributed by atoms with E-state index in [4.69, 9.17) is 14.2 Å². The summed E-state index contributed by atoms with van der Waals surface area (Å²) in [6.07, 6.45) is 3.71. The minimum absolute atomic E-state index is 0.0173. The van der Waals surface area contributed by atoms with Gasteiger partial charge in [-0.25, -0.2) is 0 Å². The van der Waals surface area contributed by atoms with Crippen molar-refractivity contribution in [2.45, 2.75) is 65.2 Å². The molecule has 0 saturated heterocycles. The number of amides is 1. The van der Waals surface area contributed by atoms with Crippen LogP contribution in [0.2, 0.25) is 0 Å². The van der Waals surface area contributed by atoms with E-state index in [9.17, 15) is 14.4 Å². The highest BCUT2D eigenvalue weighted by molar-refractivity contribution is 9.10. The number of allylic oxidation sites excluding steroid dienone is 4. The Morgan fingerprint density at radius 1 is 0.974 bits per heavy atom. The van der Waals surface area contributed by atoms with E-state index in [1.54, 1.807) is 0 Å². The van der Waals surface area contributed by atoms with Gasteiger partial charge in [-0.3, -0.25) is 14.4 Å². The van der Waals surface area contributed by atoms with Crippen LogP contribution in [0.25, 0.3) is 0 Å². The Bertz CT molecular complexity index is 1380. The summed E-state index contributed by atoms with van der Waals surface area (Å²) in [4.78, 5) is 39.0. The standard InChI is InChI=1S/C31H32BrNO6/c1-4-37-26-15-19(14-20(32)31(26)38-16-27(36)33-21-12-11-17(2)13-18(21)3)28-29-22(34)7-5-9-24(29)39-25-10-6-8-23(35)30(25)28/h11-15,28H,4-10,16H2,1-3H3,(H,33,36). The lowest BCUT2D eigenvalue weighted by Crippen LogP contribution is -2.30. The van der Waals surface area contributed by atoms with Gasteiger partial charge in [-0.15, -0.1) is 0 Å². The van der Waals surface area contributed by atoms with E-state index in [2.05, 4.69) is 21.2 Å². The predicted octanol–water partition coefficient (Wildman–Crippen LogP) is 6.61. The molecule has 1 N–H and O–H groups in total. The fraction of sp³-hybridized carbons (Fsp3) is 0.387. The lowest BCUT2D eigenvalue weighted by Gasteiger charge is -2.36. The zero-order valence-corrected chi connectivity index (χ0v) is 24.0. The number of aryl methyl sites for hydroxylation is 2. The molecule has 204 valence electrons. The number of nitrogens with one attached hydrogen (secondary N) is 1. The van der Waals surface area contributed by atoms with Crippen LogP contribution >= 0.6 is 15.9 Å². The molecule has 1 aliphatic heterocycles. The average Bonchev–Trinajstić information content (AvgIpc) is 2.89. The molecule has 0 bridgehead atoms. The molecule has 8 heteroatoms. The van der Waals surface area contributed by atoms with Gasteiger partial charge in [0.2, 0.25) is 0 Å². The molecule has 0 aromatic heterocycles. The summed E-state index contributed by atoms with van der Waals surface area (Å²) in [5.41, 5.74) is 4.73. The van der Waals surface area contributed by atoms with Gasteiger partial charge >= 0.3 is 0 Å². The maximum atomic E-state index is 13.1. The SMILES string of the molecule is CCOc1cc(C2C3=C(CCCC3=O)OC3=C2C(=O)CCC3)cc(Br)c1OCC(=O)Nc1ccc(C)cc1C. The minimum Gasteiger partial charge on any atom is -0.490 e. The molecule has 3 aliphatic rings. The van der Waals surface area contributed by atoms with E-state index >= 15 is 0 Å². The lowest BCUT2D eigenvalue weighted by atomic mass is 9.73. The molecule has 0 atom stereocenters. The van der Waals surface area contributed by atoms with Crippen LogP contribution in [0, 0.1) is 13.8 Å². The molecule has 2 aliphatic carbocycles. The van der Waals surface area contributed by atoms with Crippen molar-refractivity contribution in [1.82, 2.24) is 0 Å². The topological polar surface area (TPSA) is 90.9 Å². The van der Waals surface area contributed by atoms with Crippen molar-refractivity contribution in [2.75, 3.05) is 18.5 Å². The van der Waals surface area contributed by atoms with Gasteiger partial charge in [0.05, 0.1) is 11.1 Å². The van der Waals surface area contributed by atoms with Crippen molar-refractivity contribution in [3.8, 4) is 11.5 Å². The van der Waals surface area contributed by atoms with E-state index in [0.29, 0.717) is 70.9 Å². The lowest BCUT2D eigenvalue weighted by molar-refractivity contribution is -0.119. The van der Waals surface area contributed by atoms with Crippen LogP contribution in [0.5, 0.6) is 11.5 Å². The fourth-order valence-electron chi connectivity index (χ4n) is 5.59. The van der Waals surface area contributed by atoms with Crippen LogP contribution in [0.4, 0.5) is 5.69 Å². The van der Waals surface area contributed by atoms with Crippen LogP contribution < -0.4 is 14.8 Å². The first kappa shape index (κ1) is 27.2. The summed E-state index contributed by atoms with van der Waals surface area (Å²) in [5, 5.41) is 2.89. The number of benzene rings is 2. The number of halogens is 1. The first-order chi connectivity index (χ1) is 18.8. The van der Waals surface area contributed by atoms with Crippen molar-refractivity contribution >= 4 is 39.1 Å². The van der Waals surface area contributed by atoms with Crippen LogP contribution in [0.3, 0.4) is 0 Å². The Morgan fingerprint density at radius 2 is 1.64 bits per heavy atom. The third-order valence-electron chi connectivity index (χ3n) is 7.31. The molecule has 5 rings (SSSR count). The Morgan fingerprint density at radius 3 is 2.26 bits per heavy atom. The summed E-state index contributed by atoms with van der Waals surface area (Å²) in [7, 11) is 0. The van der Waals surface area contributed by atoms with E-state index < -0.39 is 5.92 Å². The molecule has 0 spiro atoms. The molecule has 0 unspecified atom stereocenters. The maximum Gasteiger partial charge on any atom is 0.262 e. The van der Waals surface area contributed by atoms with Gasteiger partial charge in [0.1, 0.15) is 11.5 Å². The molecule has 0 radical (unpaired) electrons. The summed E-state index contributed by atoms with van der Waals surface area (Å²) < 4.78 is 18.6. The van der Waals surface area contributed by atoms with Crippen molar-refractivity contribution in [3.63, 3.8) is 0 Å². The van der Waals surface area contributed by atoms with E-state index in [1.807, 2.05) is 51.1 Å². The molecular formula is C31H32BrNO6. The smallest absolute Gasteiger partial charge is 0.262 e. The molecule has 39 heavy (non-hydrogen) atoms. The number of carbonyl (C=O) groups excluding carboxylic acids is 3. The van der Waals surface area contributed by atoms with Crippen LogP contribution in [-0.4, -0.2) is 30.7 Å². The van der Waals surface area contributed by atoms with Crippen molar-refractivity contribution in [1.29, 1.82) is 0 Å². The van der Waals surface area contributed by atoms with Gasteiger partial charge in [0.25, 0.3) is 5.91 Å². The van der Waals surface area contributed by atoms with Crippen molar-refractivity contribution < 1.29 is 28.6 Å². The van der Waals surface area contributed by atoms with Crippen LogP contribution in [0.15, 0.2) is 57.5 Å². The number of ketones is 2. The number of hydrogen-bond acceptors (Lipinski definition) is 6. The molecule has 0 saturated carbocycles. The first-order valence-electron chi connectivity index (χ1n) is 13.4. The second kappa shape index (κ2) is 11.4. The second-order valence-electron chi connectivity index (χ2n) is 10.2. The Balaban J connectivity index is 1.46. The van der Waals surface area contributed by atoms with Gasteiger partial charge in [-0.05, 0) is 78.9 Å². The van der Waals surface area contributed by atoms with Gasteiger partial charge in [0.15, 0.2) is 29.7 Å². The molecule has 0 fully saturated rings. The van der Waals surface area contributed by atoms with Crippen molar-refractivity contribution in [3.05, 3.63) is 74.2 Å². The van der Waals surface area contributed by atoms with Crippen LogP contribution in [-0.2, 0) is 19.1 Å². The zero-order chi connectivity index (χ0) is 27.7. The molecule has 1 heterocycles. The van der Waals surface area contributed by atoms with Gasteiger partial charge < -0.3 is 19.5 Å². The highest BCUT2D eigenvalue weighted by Crippen LogP contribution is 2.50. The maximum absolute atomic E-state index is 13.1. The minimum atomic E-state index is -0.512. The highest BCUT2D eigenvalue weighted by Gasteiger charge is 2.42. The molecule has 1 amide bonds. The van der Waals surface area contributed by atoms with Gasteiger partial charge in [-0.1, -0.05) is 17.7 Å². The second-order valence-corrected chi connectivity index (χ2v) is 11.0. The first-order valence-corrected chi connectivity index (χ1v) is 14.2. The summed E-state index contributed by atoms with van der Waals surface area (Å²) in [5.74, 6) is 1.41. The highest BCUT2D eigenvalue weighted by atomic mass is 79.9. The van der Waals surface area contributed by atoms with E-state index in [-0.39, 0.29) is 24.1 Å². The predicted molar refractivity (Wildman–Crippen MR) is 151 cm³/mol. The number of Topliss-reactive ketones (excluding diaryl/α,β-unsaturated/α-hetero) is 2. The molecule has 2 aromatic rings. The van der Waals surface area contributed by atoms with Gasteiger partial charge in [0, 0.05) is 48.4 Å². The average molecular weight is 595 g/mol. The quantitative estimate of drug-likeness (QED) is 0.388. The van der Waals surface area contributed by atoms with Crippen molar-refractivity contribution in [2.24, 2.45) is 0 Å². The van der Waals surface area contributed by atoms with Gasteiger partial charge in [-0.2, -0.15) is 0 Å².